The van der Waals surface area contributed by atoms with Crippen LogP contribution < -0.4 is 9.47 Å². The number of carboxylic acids is 1. The monoisotopic (exact) mass is 518 g/mol. The maximum absolute atomic E-state index is 12.8. The van der Waals surface area contributed by atoms with Gasteiger partial charge in [0, 0.05) is 18.7 Å². The van der Waals surface area contributed by atoms with Gasteiger partial charge in [-0.25, -0.2) is 9.48 Å². The molecule has 1 saturated heterocycles. The number of methoxy groups -OCH3 is 1. The first-order valence-corrected chi connectivity index (χ1v) is 13.4. The Morgan fingerprint density at radius 3 is 2.26 bits per heavy atom. The number of carbonyl (C=O) groups excluding carboxylic acids is 1. The summed E-state index contributed by atoms with van der Waals surface area (Å²) in [6.07, 6.45) is 6.70. The van der Waals surface area contributed by atoms with Crippen LogP contribution in [0.25, 0.3) is 0 Å². The van der Waals surface area contributed by atoms with Crippen LogP contribution in [0.3, 0.4) is 0 Å². The molecule has 2 aromatic carbocycles. The number of rotatable bonds is 8. The Hall–Kier alpha value is -3.88. The van der Waals surface area contributed by atoms with Gasteiger partial charge < -0.3 is 19.5 Å². The molecule has 0 spiro atoms. The summed E-state index contributed by atoms with van der Waals surface area (Å²) in [4.78, 5) is 26.5. The number of ether oxygens (including phenoxy) is 2. The highest BCUT2D eigenvalue weighted by Gasteiger charge is 2.28. The van der Waals surface area contributed by atoms with E-state index in [1.165, 1.54) is 16.7 Å². The van der Waals surface area contributed by atoms with Gasteiger partial charge in [0.05, 0.1) is 13.7 Å². The maximum atomic E-state index is 12.8. The van der Waals surface area contributed by atoms with Crippen molar-refractivity contribution in [2.75, 3.05) is 20.2 Å². The molecule has 200 valence electrons. The molecule has 9 heteroatoms. The van der Waals surface area contributed by atoms with Crippen molar-refractivity contribution in [1.29, 1.82) is 0 Å². The predicted molar refractivity (Wildman–Crippen MR) is 141 cm³/mol. The summed E-state index contributed by atoms with van der Waals surface area (Å²) in [7, 11) is 1.61. The van der Waals surface area contributed by atoms with E-state index in [0.29, 0.717) is 12.5 Å². The number of hydrogen-bond donors (Lipinski definition) is 1. The molecule has 2 aliphatic rings. The third-order valence-electron chi connectivity index (χ3n) is 7.61. The minimum atomic E-state index is -1.16. The summed E-state index contributed by atoms with van der Waals surface area (Å²) < 4.78 is 12.9. The largest absolute Gasteiger partial charge is 0.497 e. The highest BCUT2D eigenvalue weighted by molar-refractivity contribution is 5.94. The normalized spacial score (nSPS) is 19.7. The van der Waals surface area contributed by atoms with Crippen molar-refractivity contribution in [3.8, 4) is 11.6 Å². The van der Waals surface area contributed by atoms with E-state index in [-0.39, 0.29) is 23.6 Å². The Kier molecular flexibility index (Phi) is 7.91. The molecule has 0 bridgehead atoms. The quantitative estimate of drug-likeness (QED) is 0.458. The van der Waals surface area contributed by atoms with Crippen molar-refractivity contribution in [3.05, 3.63) is 70.9 Å². The lowest BCUT2D eigenvalue weighted by molar-refractivity contribution is 0.0674. The smallest absolute Gasteiger partial charge is 0.362 e. The number of hydrogen-bond acceptors (Lipinski definition) is 6. The number of likely N-dealkylation sites (tertiary alicyclic amines) is 1. The summed E-state index contributed by atoms with van der Waals surface area (Å²) in [5, 5.41) is 17.6. The van der Waals surface area contributed by atoms with Crippen LogP contribution in [0.5, 0.6) is 11.6 Å². The number of nitrogens with zero attached hydrogens (tertiary/aromatic N) is 4. The van der Waals surface area contributed by atoms with Crippen LogP contribution in [-0.2, 0) is 6.54 Å². The molecule has 1 saturated carbocycles. The lowest BCUT2D eigenvalue weighted by Crippen LogP contribution is -2.35. The van der Waals surface area contributed by atoms with Gasteiger partial charge in [0.25, 0.3) is 5.91 Å². The second kappa shape index (κ2) is 11.7. The first-order valence-electron chi connectivity index (χ1n) is 13.4. The molecule has 1 aliphatic carbocycles. The Balaban J connectivity index is 1.20. The van der Waals surface area contributed by atoms with Crippen LogP contribution >= 0.6 is 0 Å². The Morgan fingerprint density at radius 1 is 0.947 bits per heavy atom. The molecule has 38 heavy (non-hydrogen) atoms. The standard InChI is InChI=1S/C29H34N4O5/c1-37-24-13-5-20(6-14-24)19-33-28(26(29(35)36)30-31-33)38-25-15-11-22(12-16-25)21-7-9-23(10-8-21)27(34)32-17-3-2-4-18-32/h5-10,13-14,22,25H,2-4,11-12,15-19H2,1H3,(H,35,36)/t22-,25-. The van der Waals surface area contributed by atoms with Crippen molar-refractivity contribution in [2.45, 2.75) is 63.5 Å². The molecule has 1 N–H and O–H groups in total. The molecular formula is C29H34N4O5. The molecule has 0 radical (unpaired) electrons. The molecule has 3 aromatic rings. The average Bonchev–Trinajstić information content (AvgIpc) is 3.36. The molecule has 2 heterocycles. The Bertz CT molecular complexity index is 1240. The number of aromatic nitrogens is 3. The number of carboxylic acid groups (broad SMARTS) is 1. The van der Waals surface area contributed by atoms with Gasteiger partial charge in [0.1, 0.15) is 11.9 Å². The summed E-state index contributed by atoms with van der Waals surface area (Å²) in [6.45, 7) is 2.04. The number of benzene rings is 2. The summed E-state index contributed by atoms with van der Waals surface area (Å²) in [5.74, 6) is 0.291. The molecular weight excluding hydrogens is 484 g/mol. The third kappa shape index (κ3) is 5.82. The van der Waals surface area contributed by atoms with E-state index in [4.69, 9.17) is 9.47 Å². The van der Waals surface area contributed by atoms with Crippen molar-refractivity contribution < 1.29 is 24.2 Å². The molecule has 1 aliphatic heterocycles. The summed E-state index contributed by atoms with van der Waals surface area (Å²) in [6, 6.07) is 15.6. The van der Waals surface area contributed by atoms with Crippen molar-refractivity contribution in [3.63, 3.8) is 0 Å². The van der Waals surface area contributed by atoms with Gasteiger partial charge in [-0.3, -0.25) is 4.79 Å². The first kappa shape index (κ1) is 25.8. The third-order valence-corrected chi connectivity index (χ3v) is 7.61. The van der Waals surface area contributed by atoms with Crippen LogP contribution in [0.2, 0.25) is 0 Å². The van der Waals surface area contributed by atoms with Gasteiger partial charge in [0.2, 0.25) is 11.6 Å². The molecule has 0 unspecified atom stereocenters. The van der Waals surface area contributed by atoms with E-state index in [1.54, 1.807) is 7.11 Å². The Labute approximate surface area is 222 Å². The zero-order valence-corrected chi connectivity index (χ0v) is 21.7. The fourth-order valence-electron chi connectivity index (χ4n) is 5.41. The summed E-state index contributed by atoms with van der Waals surface area (Å²) in [5.41, 5.74) is 2.75. The van der Waals surface area contributed by atoms with Crippen LogP contribution in [0, 0.1) is 0 Å². The highest BCUT2D eigenvalue weighted by atomic mass is 16.5. The molecule has 5 rings (SSSR count). The van der Waals surface area contributed by atoms with Gasteiger partial charge in [-0.05, 0) is 86.3 Å². The van der Waals surface area contributed by atoms with Crippen molar-refractivity contribution >= 4 is 11.9 Å². The van der Waals surface area contributed by atoms with Gasteiger partial charge in [-0.2, -0.15) is 0 Å². The van der Waals surface area contributed by atoms with E-state index >= 15 is 0 Å². The first-order chi connectivity index (χ1) is 18.5. The van der Waals surface area contributed by atoms with Crippen molar-refractivity contribution in [2.24, 2.45) is 0 Å². The van der Waals surface area contributed by atoms with Gasteiger partial charge >= 0.3 is 5.97 Å². The topological polar surface area (TPSA) is 107 Å². The van der Waals surface area contributed by atoms with Gasteiger partial charge in [-0.1, -0.05) is 29.5 Å². The lowest BCUT2D eigenvalue weighted by Gasteiger charge is -2.29. The summed E-state index contributed by atoms with van der Waals surface area (Å²) >= 11 is 0. The number of aromatic carboxylic acids is 1. The van der Waals surface area contributed by atoms with E-state index in [1.807, 2.05) is 41.3 Å². The van der Waals surface area contributed by atoms with E-state index in [0.717, 1.165) is 68.5 Å². The second-order valence-electron chi connectivity index (χ2n) is 10.1. The highest BCUT2D eigenvalue weighted by Crippen LogP contribution is 2.35. The van der Waals surface area contributed by atoms with Crippen molar-refractivity contribution in [1.82, 2.24) is 19.9 Å². The number of piperidine rings is 1. The van der Waals surface area contributed by atoms with Gasteiger partial charge in [0.15, 0.2) is 0 Å². The molecule has 2 fully saturated rings. The molecule has 9 nitrogen and oxygen atoms in total. The molecule has 1 aromatic heterocycles. The van der Waals surface area contributed by atoms with E-state index in [2.05, 4.69) is 22.4 Å². The van der Waals surface area contributed by atoms with Gasteiger partial charge in [-0.15, -0.1) is 5.10 Å². The van der Waals surface area contributed by atoms with Crippen LogP contribution in [0.1, 0.15) is 82.8 Å². The van der Waals surface area contributed by atoms with Crippen LogP contribution in [0.4, 0.5) is 0 Å². The molecule has 1 amide bonds. The fourth-order valence-corrected chi connectivity index (χ4v) is 5.41. The zero-order valence-electron chi connectivity index (χ0n) is 21.7. The minimum Gasteiger partial charge on any atom is -0.497 e. The van der Waals surface area contributed by atoms with Crippen LogP contribution in [-0.4, -0.2) is 63.2 Å². The SMILES string of the molecule is COc1ccc(Cn2nnc(C(=O)O)c2O[C@H]2CC[C@H](c3ccc(C(=O)N4CCCCC4)cc3)CC2)cc1. The number of carbonyl (C=O) groups is 2. The minimum absolute atomic E-state index is 0.114. The molecule has 0 atom stereocenters. The van der Waals surface area contributed by atoms with Crippen LogP contribution in [0.15, 0.2) is 48.5 Å². The van der Waals surface area contributed by atoms with E-state index < -0.39 is 5.97 Å². The lowest BCUT2D eigenvalue weighted by atomic mass is 9.82. The zero-order chi connectivity index (χ0) is 26.5. The Morgan fingerprint density at radius 2 is 1.63 bits per heavy atom. The fraction of sp³-hybridized carbons (Fsp3) is 0.448. The average molecular weight is 519 g/mol. The predicted octanol–water partition coefficient (Wildman–Crippen LogP) is 4.76. The second-order valence-corrected chi connectivity index (χ2v) is 10.1. The van der Waals surface area contributed by atoms with E-state index in [9.17, 15) is 14.7 Å². The number of amides is 1. The maximum Gasteiger partial charge on any atom is 0.362 e.